The average Bonchev–Trinajstić information content (AvgIpc) is 1.95. The SMILES string of the molecule is CC(C)N(C(C)C)C(C#N)C(C)(C)C. The second-order valence-corrected chi connectivity index (χ2v) is 5.53. The summed E-state index contributed by atoms with van der Waals surface area (Å²) in [5, 5.41) is 9.24. The molecule has 0 heterocycles. The molecular weight excluding hydrogens is 172 g/mol. The van der Waals surface area contributed by atoms with Crippen LogP contribution >= 0.6 is 0 Å². The molecule has 1 atom stereocenters. The zero-order valence-corrected chi connectivity index (χ0v) is 10.6. The van der Waals surface area contributed by atoms with Gasteiger partial charge in [-0.05, 0) is 33.1 Å². The summed E-state index contributed by atoms with van der Waals surface area (Å²) in [6.07, 6.45) is 0. The third-order valence-electron chi connectivity index (χ3n) is 2.43. The van der Waals surface area contributed by atoms with E-state index in [9.17, 15) is 5.26 Å². The van der Waals surface area contributed by atoms with Gasteiger partial charge in [0.05, 0.1) is 6.07 Å². The third-order valence-corrected chi connectivity index (χ3v) is 2.43. The summed E-state index contributed by atoms with van der Waals surface area (Å²) in [6.45, 7) is 15.0. The maximum absolute atomic E-state index is 9.24. The van der Waals surface area contributed by atoms with Gasteiger partial charge in [0.25, 0.3) is 0 Å². The van der Waals surface area contributed by atoms with Gasteiger partial charge in [0.2, 0.25) is 0 Å². The highest BCUT2D eigenvalue weighted by atomic mass is 15.2. The van der Waals surface area contributed by atoms with Crippen molar-refractivity contribution in [3.63, 3.8) is 0 Å². The van der Waals surface area contributed by atoms with Gasteiger partial charge in [-0.3, -0.25) is 4.90 Å². The Morgan fingerprint density at radius 2 is 1.36 bits per heavy atom. The van der Waals surface area contributed by atoms with E-state index in [-0.39, 0.29) is 11.5 Å². The molecule has 0 saturated heterocycles. The number of rotatable bonds is 3. The molecule has 0 aliphatic carbocycles. The normalized spacial score (nSPS) is 14.9. The smallest absolute Gasteiger partial charge is 0.103 e. The number of nitrogens with zero attached hydrogens (tertiary/aromatic N) is 2. The van der Waals surface area contributed by atoms with Gasteiger partial charge in [-0.25, -0.2) is 0 Å². The van der Waals surface area contributed by atoms with Crippen molar-refractivity contribution in [2.45, 2.75) is 66.6 Å². The maximum atomic E-state index is 9.24. The number of hydrogen-bond acceptors (Lipinski definition) is 2. The fourth-order valence-corrected chi connectivity index (χ4v) is 1.90. The van der Waals surface area contributed by atoms with Gasteiger partial charge in [-0.1, -0.05) is 20.8 Å². The van der Waals surface area contributed by atoms with Crippen LogP contribution in [0, 0.1) is 16.7 Å². The molecule has 1 unspecified atom stereocenters. The molecule has 0 fully saturated rings. The van der Waals surface area contributed by atoms with E-state index in [1.165, 1.54) is 0 Å². The van der Waals surface area contributed by atoms with Crippen molar-refractivity contribution in [2.24, 2.45) is 5.41 Å². The lowest BCUT2D eigenvalue weighted by molar-refractivity contribution is 0.0765. The highest BCUT2D eigenvalue weighted by Gasteiger charge is 2.33. The van der Waals surface area contributed by atoms with Crippen LogP contribution in [-0.2, 0) is 0 Å². The Bertz CT molecular complexity index is 197. The van der Waals surface area contributed by atoms with E-state index >= 15 is 0 Å². The van der Waals surface area contributed by atoms with Crippen LogP contribution in [0.4, 0.5) is 0 Å². The summed E-state index contributed by atoms with van der Waals surface area (Å²) in [7, 11) is 0. The Morgan fingerprint density at radius 1 is 1.00 bits per heavy atom. The van der Waals surface area contributed by atoms with Gasteiger partial charge in [-0.15, -0.1) is 0 Å². The lowest BCUT2D eigenvalue weighted by atomic mass is 9.85. The minimum atomic E-state index is -0.0116. The molecule has 0 rings (SSSR count). The van der Waals surface area contributed by atoms with Crippen LogP contribution in [0.25, 0.3) is 0 Å². The predicted octanol–water partition coefficient (Wildman–Crippen LogP) is 3.04. The summed E-state index contributed by atoms with van der Waals surface area (Å²) >= 11 is 0. The highest BCUT2D eigenvalue weighted by Crippen LogP contribution is 2.26. The van der Waals surface area contributed by atoms with Crippen LogP contribution < -0.4 is 0 Å². The molecule has 0 aliphatic heterocycles. The Balaban J connectivity index is 4.90. The first-order chi connectivity index (χ1) is 6.21. The Morgan fingerprint density at radius 3 is 1.43 bits per heavy atom. The fourth-order valence-electron chi connectivity index (χ4n) is 1.90. The number of hydrogen-bond donors (Lipinski definition) is 0. The number of nitriles is 1. The van der Waals surface area contributed by atoms with Crippen LogP contribution in [0.3, 0.4) is 0 Å². The second kappa shape index (κ2) is 4.79. The van der Waals surface area contributed by atoms with Crippen molar-refractivity contribution in [3.8, 4) is 6.07 Å². The summed E-state index contributed by atoms with van der Waals surface area (Å²) < 4.78 is 0. The molecule has 14 heavy (non-hydrogen) atoms. The van der Waals surface area contributed by atoms with Gasteiger partial charge < -0.3 is 0 Å². The van der Waals surface area contributed by atoms with Gasteiger partial charge in [0, 0.05) is 12.1 Å². The first-order valence-electron chi connectivity index (χ1n) is 5.38. The summed E-state index contributed by atoms with van der Waals surface area (Å²) in [4.78, 5) is 2.28. The van der Waals surface area contributed by atoms with Crippen LogP contribution in [0.2, 0.25) is 0 Å². The van der Waals surface area contributed by atoms with Crippen molar-refractivity contribution in [3.05, 3.63) is 0 Å². The van der Waals surface area contributed by atoms with Gasteiger partial charge in [0.15, 0.2) is 0 Å². The van der Waals surface area contributed by atoms with Gasteiger partial charge >= 0.3 is 0 Å². The van der Waals surface area contributed by atoms with E-state index in [1.807, 2.05) is 0 Å². The molecule has 0 aromatic carbocycles. The summed E-state index contributed by atoms with van der Waals surface area (Å²) in [5.74, 6) is 0. The topological polar surface area (TPSA) is 27.0 Å². The van der Waals surface area contributed by atoms with Crippen LogP contribution in [0.1, 0.15) is 48.5 Å². The van der Waals surface area contributed by atoms with Gasteiger partial charge in [0.1, 0.15) is 6.04 Å². The minimum Gasteiger partial charge on any atom is -0.283 e. The Kier molecular flexibility index (Phi) is 4.61. The van der Waals surface area contributed by atoms with Crippen molar-refractivity contribution in [1.29, 1.82) is 5.26 Å². The first-order valence-corrected chi connectivity index (χ1v) is 5.38. The molecule has 82 valence electrons. The average molecular weight is 196 g/mol. The molecule has 0 spiro atoms. The third kappa shape index (κ3) is 3.31. The lowest BCUT2D eigenvalue weighted by Crippen LogP contribution is -2.50. The molecule has 0 radical (unpaired) electrons. The molecule has 0 aliphatic rings. The first kappa shape index (κ1) is 13.4. The van der Waals surface area contributed by atoms with E-state index in [2.05, 4.69) is 59.4 Å². The summed E-state index contributed by atoms with van der Waals surface area (Å²) in [5.41, 5.74) is 0.0172. The fraction of sp³-hybridized carbons (Fsp3) is 0.917. The highest BCUT2D eigenvalue weighted by molar-refractivity contribution is 5.01. The molecule has 0 saturated carbocycles. The zero-order chi connectivity index (χ0) is 11.5. The van der Waals surface area contributed by atoms with E-state index in [1.54, 1.807) is 0 Å². The minimum absolute atomic E-state index is 0.0116. The van der Waals surface area contributed by atoms with Crippen LogP contribution in [0.15, 0.2) is 0 Å². The maximum Gasteiger partial charge on any atom is 0.103 e. The standard InChI is InChI=1S/C12H24N2/c1-9(2)14(10(3)4)11(8-13)12(5,6)7/h9-11H,1-7H3. The van der Waals surface area contributed by atoms with Crippen LogP contribution in [0.5, 0.6) is 0 Å². The van der Waals surface area contributed by atoms with Gasteiger partial charge in [-0.2, -0.15) is 5.26 Å². The van der Waals surface area contributed by atoms with Crippen molar-refractivity contribution < 1.29 is 0 Å². The Labute approximate surface area is 88.9 Å². The molecule has 2 heteroatoms. The van der Waals surface area contributed by atoms with Crippen LogP contribution in [-0.4, -0.2) is 23.0 Å². The molecule has 0 amide bonds. The predicted molar refractivity (Wildman–Crippen MR) is 61.0 cm³/mol. The molecule has 2 nitrogen and oxygen atoms in total. The summed E-state index contributed by atoms with van der Waals surface area (Å²) in [6, 6.07) is 3.25. The van der Waals surface area contributed by atoms with E-state index in [0.717, 1.165) is 0 Å². The van der Waals surface area contributed by atoms with Crippen molar-refractivity contribution in [1.82, 2.24) is 4.90 Å². The zero-order valence-electron chi connectivity index (χ0n) is 10.6. The molecule has 0 aromatic heterocycles. The van der Waals surface area contributed by atoms with Crippen molar-refractivity contribution in [2.75, 3.05) is 0 Å². The molecule has 0 N–H and O–H groups in total. The lowest BCUT2D eigenvalue weighted by Gasteiger charge is -2.40. The molecule has 0 bridgehead atoms. The molecular formula is C12H24N2. The monoisotopic (exact) mass is 196 g/mol. The van der Waals surface area contributed by atoms with Crippen molar-refractivity contribution >= 4 is 0 Å². The van der Waals surface area contributed by atoms with E-state index in [0.29, 0.717) is 12.1 Å². The second-order valence-electron chi connectivity index (χ2n) is 5.53. The van der Waals surface area contributed by atoms with E-state index in [4.69, 9.17) is 0 Å². The van der Waals surface area contributed by atoms with E-state index < -0.39 is 0 Å². The quantitative estimate of drug-likeness (QED) is 0.693. The largest absolute Gasteiger partial charge is 0.283 e. The molecule has 0 aromatic rings. The Hall–Kier alpha value is -0.550.